The normalized spacial score (nSPS) is 11.5. The van der Waals surface area contributed by atoms with Gasteiger partial charge in [-0.15, -0.1) is 0 Å². The number of esters is 1. The number of carbonyl (C=O) groups is 1. The molecule has 0 aliphatic heterocycles. The minimum absolute atomic E-state index is 0.122. The lowest BCUT2D eigenvalue weighted by Gasteiger charge is -2.16. The number of anilines is 1. The number of carbonyl (C=O) groups excluding carboxylic acids is 1. The first-order valence-corrected chi connectivity index (χ1v) is 13.5. The Bertz CT molecular complexity index is 1540. The molecule has 8 nitrogen and oxygen atoms in total. The number of ether oxygens (including phenoxy) is 3. The second-order valence-electron chi connectivity index (χ2n) is 8.83. The highest BCUT2D eigenvalue weighted by Gasteiger charge is 2.26. The van der Waals surface area contributed by atoms with E-state index in [2.05, 4.69) is 4.72 Å². The summed E-state index contributed by atoms with van der Waals surface area (Å²) < 4.78 is 64.2. The van der Waals surface area contributed by atoms with Crippen LogP contribution in [0.25, 0.3) is 22.3 Å². The molecule has 0 amide bonds. The van der Waals surface area contributed by atoms with Crippen LogP contribution in [0.3, 0.4) is 0 Å². The summed E-state index contributed by atoms with van der Waals surface area (Å²) in [4.78, 5) is 12.7. The van der Waals surface area contributed by atoms with Crippen LogP contribution < -0.4 is 14.2 Å². The summed E-state index contributed by atoms with van der Waals surface area (Å²) in [6.45, 7) is 3.60. The Kier molecular flexibility index (Phi) is 7.91. The molecule has 3 aromatic carbocycles. The molecule has 0 spiro atoms. The Balaban J connectivity index is 1.73. The van der Waals surface area contributed by atoms with Crippen molar-refractivity contribution in [3.8, 4) is 22.8 Å². The quantitative estimate of drug-likeness (QED) is 0.253. The van der Waals surface area contributed by atoms with Crippen LogP contribution in [0.15, 0.2) is 65.1 Å². The lowest BCUT2D eigenvalue weighted by molar-refractivity contribution is 0.0603. The van der Waals surface area contributed by atoms with Gasteiger partial charge in [-0.2, -0.15) is 0 Å². The molecule has 0 bridgehead atoms. The van der Waals surface area contributed by atoms with E-state index >= 15 is 0 Å². The van der Waals surface area contributed by atoms with Gasteiger partial charge in [-0.25, -0.2) is 17.6 Å². The average Bonchev–Trinajstić information content (AvgIpc) is 3.25. The van der Waals surface area contributed by atoms with Gasteiger partial charge >= 0.3 is 5.97 Å². The zero-order valence-electron chi connectivity index (χ0n) is 21.4. The Morgan fingerprint density at radius 2 is 1.71 bits per heavy atom. The predicted molar refractivity (Wildman–Crippen MR) is 143 cm³/mol. The first-order chi connectivity index (χ1) is 18.1. The molecule has 1 heterocycles. The molecule has 4 aromatic rings. The minimum Gasteiger partial charge on any atom is -0.497 e. The van der Waals surface area contributed by atoms with Gasteiger partial charge in [-0.05, 0) is 68.3 Å². The summed E-state index contributed by atoms with van der Waals surface area (Å²) in [5.74, 6) is -0.206. The van der Waals surface area contributed by atoms with Gasteiger partial charge < -0.3 is 18.6 Å². The number of rotatable bonds is 10. The first kappa shape index (κ1) is 27.0. The van der Waals surface area contributed by atoms with Gasteiger partial charge in [0.1, 0.15) is 34.2 Å². The topological polar surface area (TPSA) is 104 Å². The highest BCUT2D eigenvalue weighted by atomic mass is 32.2. The zero-order valence-corrected chi connectivity index (χ0v) is 22.2. The van der Waals surface area contributed by atoms with Crippen molar-refractivity contribution in [3.05, 3.63) is 77.6 Å². The van der Waals surface area contributed by atoms with Crippen LogP contribution in [0.2, 0.25) is 0 Å². The van der Waals surface area contributed by atoms with Crippen molar-refractivity contribution in [2.75, 3.05) is 24.7 Å². The number of hydrogen-bond acceptors (Lipinski definition) is 7. The molecule has 0 saturated heterocycles. The zero-order chi connectivity index (χ0) is 27.4. The van der Waals surface area contributed by atoms with E-state index in [0.717, 1.165) is 5.56 Å². The fourth-order valence-corrected chi connectivity index (χ4v) is 5.03. The van der Waals surface area contributed by atoms with Gasteiger partial charge in [0.15, 0.2) is 0 Å². The average molecular weight is 542 g/mol. The third kappa shape index (κ3) is 6.08. The van der Waals surface area contributed by atoms with E-state index in [4.69, 9.17) is 18.6 Å². The molecule has 0 aliphatic rings. The number of hydrogen-bond donors (Lipinski definition) is 1. The minimum atomic E-state index is -3.79. The van der Waals surface area contributed by atoms with Crippen LogP contribution in [0, 0.1) is 5.82 Å². The van der Waals surface area contributed by atoms with Gasteiger partial charge in [0.25, 0.3) is 0 Å². The number of aryl methyl sites for hydroxylation is 1. The third-order valence-corrected chi connectivity index (χ3v) is 7.01. The standard InChI is InChI=1S/C28H28FNO7S/c1-17(2)36-25-15-22-24(37-27(26(22)28(31)35-4)19-7-9-20(29)10-8-19)16-23(25)30-38(32,33)14-13-18-5-11-21(34-3)12-6-18/h5-12,15-17,30H,13-14H2,1-4H3. The molecule has 1 aromatic heterocycles. The van der Waals surface area contributed by atoms with E-state index in [1.165, 1.54) is 37.4 Å². The molecule has 0 unspecified atom stereocenters. The molecule has 4 rings (SSSR count). The van der Waals surface area contributed by atoms with Crippen molar-refractivity contribution >= 4 is 32.6 Å². The fraction of sp³-hybridized carbons (Fsp3) is 0.250. The van der Waals surface area contributed by atoms with Crippen LogP contribution in [0.5, 0.6) is 11.5 Å². The summed E-state index contributed by atoms with van der Waals surface area (Å²) in [7, 11) is -0.988. The van der Waals surface area contributed by atoms with Gasteiger partial charge in [-0.3, -0.25) is 4.72 Å². The number of furan rings is 1. The Labute approximate surface area is 220 Å². The van der Waals surface area contributed by atoms with Crippen molar-refractivity contribution in [2.24, 2.45) is 0 Å². The van der Waals surface area contributed by atoms with Crippen LogP contribution >= 0.6 is 0 Å². The van der Waals surface area contributed by atoms with E-state index in [0.29, 0.717) is 16.7 Å². The lowest BCUT2D eigenvalue weighted by Crippen LogP contribution is -2.19. The number of fused-ring (bicyclic) bond motifs is 1. The van der Waals surface area contributed by atoms with Gasteiger partial charge in [0, 0.05) is 17.0 Å². The molecular formula is C28H28FNO7S. The predicted octanol–water partition coefficient (Wildman–Crippen LogP) is 5.81. The SMILES string of the molecule is COC(=O)c1c(-c2ccc(F)cc2)oc2cc(NS(=O)(=O)CCc3ccc(OC)cc3)c(OC(C)C)cc12. The van der Waals surface area contributed by atoms with E-state index < -0.39 is 21.8 Å². The number of halogens is 1. The van der Waals surface area contributed by atoms with E-state index in [1.807, 2.05) is 12.1 Å². The van der Waals surface area contributed by atoms with Crippen molar-refractivity contribution in [1.29, 1.82) is 0 Å². The van der Waals surface area contributed by atoms with Crippen molar-refractivity contribution in [3.63, 3.8) is 0 Å². The number of nitrogens with one attached hydrogen (secondary N) is 1. The smallest absolute Gasteiger partial charge is 0.342 e. The second-order valence-corrected chi connectivity index (χ2v) is 10.7. The Morgan fingerprint density at radius 1 is 1.03 bits per heavy atom. The number of methoxy groups -OCH3 is 2. The molecule has 0 radical (unpaired) electrons. The summed E-state index contributed by atoms with van der Waals surface area (Å²) in [5, 5.41) is 0.369. The maximum Gasteiger partial charge on any atom is 0.342 e. The van der Waals surface area contributed by atoms with E-state index in [9.17, 15) is 17.6 Å². The largest absolute Gasteiger partial charge is 0.497 e. The van der Waals surface area contributed by atoms with Crippen molar-refractivity contribution in [2.45, 2.75) is 26.4 Å². The molecule has 0 fully saturated rings. The molecular weight excluding hydrogens is 513 g/mol. The summed E-state index contributed by atoms with van der Waals surface area (Å²) in [6, 6.07) is 15.6. The number of sulfonamides is 1. The summed E-state index contributed by atoms with van der Waals surface area (Å²) in [5.41, 5.74) is 1.81. The van der Waals surface area contributed by atoms with E-state index in [-0.39, 0.29) is 46.6 Å². The van der Waals surface area contributed by atoms with Crippen molar-refractivity contribution < 1.29 is 36.2 Å². The molecule has 200 valence electrons. The first-order valence-electron chi connectivity index (χ1n) is 11.8. The summed E-state index contributed by atoms with van der Waals surface area (Å²) in [6.07, 6.45) is -0.00998. The van der Waals surface area contributed by atoms with Crippen LogP contribution in [0.1, 0.15) is 29.8 Å². The highest BCUT2D eigenvalue weighted by molar-refractivity contribution is 7.92. The highest BCUT2D eigenvalue weighted by Crippen LogP contribution is 2.40. The maximum absolute atomic E-state index is 13.5. The molecule has 1 N–H and O–H groups in total. The van der Waals surface area contributed by atoms with Gasteiger partial charge in [0.2, 0.25) is 10.0 Å². The second kappa shape index (κ2) is 11.1. The monoisotopic (exact) mass is 541 g/mol. The van der Waals surface area contributed by atoms with E-state index in [1.54, 1.807) is 39.2 Å². The van der Waals surface area contributed by atoms with Crippen LogP contribution in [-0.4, -0.2) is 40.5 Å². The molecule has 0 atom stereocenters. The van der Waals surface area contributed by atoms with Gasteiger partial charge in [0.05, 0.1) is 31.8 Å². The van der Waals surface area contributed by atoms with Crippen molar-refractivity contribution in [1.82, 2.24) is 0 Å². The Hall–Kier alpha value is -4.05. The third-order valence-electron chi connectivity index (χ3n) is 5.73. The fourth-order valence-electron chi connectivity index (χ4n) is 3.93. The summed E-state index contributed by atoms with van der Waals surface area (Å²) >= 11 is 0. The van der Waals surface area contributed by atoms with Crippen LogP contribution in [-0.2, 0) is 21.2 Å². The lowest BCUT2D eigenvalue weighted by atomic mass is 10.0. The maximum atomic E-state index is 13.5. The Morgan fingerprint density at radius 3 is 2.32 bits per heavy atom. The molecule has 38 heavy (non-hydrogen) atoms. The van der Waals surface area contributed by atoms with Gasteiger partial charge in [-0.1, -0.05) is 12.1 Å². The molecule has 10 heteroatoms. The number of benzene rings is 3. The molecule has 0 saturated carbocycles. The molecule has 0 aliphatic carbocycles. The van der Waals surface area contributed by atoms with Crippen LogP contribution in [0.4, 0.5) is 10.1 Å².